The summed E-state index contributed by atoms with van der Waals surface area (Å²) in [6.07, 6.45) is -0.535. The second-order valence-corrected chi connectivity index (χ2v) is 3.93. The molecule has 0 amide bonds. The molecule has 0 unspecified atom stereocenters. The van der Waals surface area contributed by atoms with E-state index in [0.29, 0.717) is 19.7 Å². The zero-order valence-electron chi connectivity index (χ0n) is 7.25. The number of β-amino-alcohol motifs (C(OH)–C–C–N with tert-alkyl or cyclic N) is 1. The number of aliphatic hydroxyl groups excluding tert-OH is 1. The van der Waals surface area contributed by atoms with Crippen molar-refractivity contribution in [3.8, 4) is 0 Å². The Balaban J connectivity index is 1.69. The van der Waals surface area contributed by atoms with E-state index in [1.54, 1.807) is 5.06 Å². The molecule has 5 heteroatoms. The van der Waals surface area contributed by atoms with Crippen LogP contribution in [0.2, 0.25) is 0 Å². The summed E-state index contributed by atoms with van der Waals surface area (Å²) in [5.74, 6) is -2.43. The molecule has 1 atom stereocenters. The van der Waals surface area contributed by atoms with Crippen LogP contribution in [0.5, 0.6) is 0 Å². The zero-order valence-corrected chi connectivity index (χ0v) is 7.25. The van der Waals surface area contributed by atoms with Crippen LogP contribution in [0, 0.1) is 5.92 Å². The van der Waals surface area contributed by atoms with Gasteiger partial charge in [0.15, 0.2) is 0 Å². The molecule has 1 saturated carbocycles. The molecular weight excluding hydrogens is 180 g/mol. The van der Waals surface area contributed by atoms with Crippen molar-refractivity contribution in [1.29, 1.82) is 0 Å². The standard InChI is InChI=1S/C8H13F2NO2/c9-8(10)1-6(2-8)3-11-4-7(12)5-13-11/h6-7,12H,1-5H2/t7-/m0/s1. The lowest BCUT2D eigenvalue weighted by Crippen LogP contribution is -2.41. The van der Waals surface area contributed by atoms with E-state index >= 15 is 0 Å². The first kappa shape index (κ1) is 9.30. The fraction of sp³-hybridized carbons (Fsp3) is 1.00. The van der Waals surface area contributed by atoms with Crippen LogP contribution < -0.4 is 0 Å². The van der Waals surface area contributed by atoms with Crippen molar-refractivity contribution < 1.29 is 18.7 Å². The second-order valence-electron chi connectivity index (χ2n) is 3.93. The molecule has 0 aromatic carbocycles. The molecule has 0 bridgehead atoms. The molecule has 0 radical (unpaired) electrons. The Morgan fingerprint density at radius 3 is 2.62 bits per heavy atom. The van der Waals surface area contributed by atoms with Crippen molar-refractivity contribution in [2.24, 2.45) is 5.92 Å². The highest BCUT2D eigenvalue weighted by Gasteiger charge is 2.46. The van der Waals surface area contributed by atoms with Gasteiger partial charge in [0.2, 0.25) is 5.92 Å². The Kier molecular flexibility index (Phi) is 2.25. The van der Waals surface area contributed by atoms with Gasteiger partial charge in [0.05, 0.1) is 19.3 Å². The monoisotopic (exact) mass is 193 g/mol. The van der Waals surface area contributed by atoms with E-state index in [-0.39, 0.29) is 18.8 Å². The Morgan fingerprint density at radius 2 is 2.15 bits per heavy atom. The number of aliphatic hydroxyl groups is 1. The topological polar surface area (TPSA) is 32.7 Å². The van der Waals surface area contributed by atoms with Gasteiger partial charge in [-0.15, -0.1) is 0 Å². The van der Waals surface area contributed by atoms with Crippen LogP contribution in [0.15, 0.2) is 0 Å². The third-order valence-corrected chi connectivity index (χ3v) is 2.50. The van der Waals surface area contributed by atoms with Crippen LogP contribution in [0.4, 0.5) is 8.78 Å². The highest BCUT2D eigenvalue weighted by atomic mass is 19.3. The minimum atomic E-state index is -2.46. The van der Waals surface area contributed by atoms with E-state index in [2.05, 4.69) is 0 Å². The molecule has 13 heavy (non-hydrogen) atoms. The first-order chi connectivity index (χ1) is 6.05. The van der Waals surface area contributed by atoms with Crippen LogP contribution >= 0.6 is 0 Å². The molecule has 1 aliphatic carbocycles. The molecule has 2 rings (SSSR count). The summed E-state index contributed by atoms with van der Waals surface area (Å²) in [7, 11) is 0. The van der Waals surface area contributed by atoms with Crippen LogP contribution in [0.1, 0.15) is 12.8 Å². The number of alkyl halides is 2. The molecule has 2 aliphatic rings. The number of nitrogens with zero attached hydrogens (tertiary/aromatic N) is 1. The summed E-state index contributed by atoms with van der Waals surface area (Å²) in [5, 5.41) is 10.7. The van der Waals surface area contributed by atoms with Gasteiger partial charge in [-0.25, -0.2) is 8.78 Å². The smallest absolute Gasteiger partial charge is 0.248 e. The normalized spacial score (nSPS) is 34.8. The lowest BCUT2D eigenvalue weighted by Gasteiger charge is -2.36. The fourth-order valence-electron chi connectivity index (χ4n) is 1.86. The van der Waals surface area contributed by atoms with Crippen LogP contribution in [-0.4, -0.2) is 41.9 Å². The van der Waals surface area contributed by atoms with Crippen molar-refractivity contribution in [2.75, 3.05) is 19.7 Å². The van der Waals surface area contributed by atoms with Gasteiger partial charge in [0.25, 0.3) is 0 Å². The maximum atomic E-state index is 12.4. The summed E-state index contributed by atoms with van der Waals surface area (Å²) in [5.41, 5.74) is 0. The van der Waals surface area contributed by atoms with E-state index < -0.39 is 12.0 Å². The molecule has 76 valence electrons. The fourth-order valence-corrected chi connectivity index (χ4v) is 1.86. The van der Waals surface area contributed by atoms with E-state index in [4.69, 9.17) is 9.94 Å². The van der Waals surface area contributed by atoms with Crippen molar-refractivity contribution in [2.45, 2.75) is 24.9 Å². The number of halogens is 2. The molecule has 0 spiro atoms. The van der Waals surface area contributed by atoms with Gasteiger partial charge in [-0.1, -0.05) is 0 Å². The minimum absolute atomic E-state index is 0.0281. The molecule has 0 aromatic rings. The Morgan fingerprint density at radius 1 is 1.46 bits per heavy atom. The number of hydroxylamine groups is 2. The quantitative estimate of drug-likeness (QED) is 0.698. The zero-order chi connectivity index (χ0) is 9.47. The SMILES string of the molecule is O[C@@H]1CON(CC2CC(F)(F)C2)C1. The predicted molar refractivity (Wildman–Crippen MR) is 41.2 cm³/mol. The number of hydrogen-bond donors (Lipinski definition) is 1. The molecule has 1 N–H and O–H groups in total. The number of hydrogen-bond acceptors (Lipinski definition) is 3. The summed E-state index contributed by atoms with van der Waals surface area (Å²) in [4.78, 5) is 5.08. The van der Waals surface area contributed by atoms with Gasteiger partial charge in [0, 0.05) is 19.4 Å². The first-order valence-corrected chi connectivity index (χ1v) is 4.49. The Bertz CT molecular complexity index is 193. The molecule has 3 nitrogen and oxygen atoms in total. The largest absolute Gasteiger partial charge is 0.389 e. The van der Waals surface area contributed by atoms with Gasteiger partial charge in [-0.3, -0.25) is 4.84 Å². The Labute approximate surface area is 75.2 Å². The van der Waals surface area contributed by atoms with Crippen molar-refractivity contribution in [3.63, 3.8) is 0 Å². The molecule has 2 fully saturated rings. The van der Waals surface area contributed by atoms with E-state index in [9.17, 15) is 8.78 Å². The predicted octanol–water partition coefficient (Wildman–Crippen LogP) is 0.640. The maximum Gasteiger partial charge on any atom is 0.248 e. The minimum Gasteiger partial charge on any atom is -0.389 e. The summed E-state index contributed by atoms with van der Waals surface area (Å²) < 4.78 is 24.9. The van der Waals surface area contributed by atoms with Gasteiger partial charge in [-0.2, -0.15) is 5.06 Å². The average Bonchev–Trinajstić information content (AvgIpc) is 2.31. The van der Waals surface area contributed by atoms with Crippen LogP contribution in [0.25, 0.3) is 0 Å². The van der Waals surface area contributed by atoms with Gasteiger partial charge >= 0.3 is 0 Å². The lowest BCUT2D eigenvalue weighted by molar-refractivity contribution is -0.165. The van der Waals surface area contributed by atoms with Crippen molar-refractivity contribution >= 4 is 0 Å². The molecule has 1 saturated heterocycles. The van der Waals surface area contributed by atoms with Crippen molar-refractivity contribution in [3.05, 3.63) is 0 Å². The summed E-state index contributed by atoms with van der Waals surface area (Å²) in [6.45, 7) is 1.26. The molecule has 0 aromatic heterocycles. The first-order valence-electron chi connectivity index (χ1n) is 4.49. The van der Waals surface area contributed by atoms with Crippen LogP contribution in [0.3, 0.4) is 0 Å². The highest BCUT2D eigenvalue weighted by molar-refractivity contribution is 4.87. The number of rotatable bonds is 2. The molecule has 1 heterocycles. The van der Waals surface area contributed by atoms with Gasteiger partial charge < -0.3 is 5.11 Å². The molecule has 1 aliphatic heterocycles. The third-order valence-electron chi connectivity index (χ3n) is 2.50. The van der Waals surface area contributed by atoms with Crippen molar-refractivity contribution in [1.82, 2.24) is 5.06 Å². The second kappa shape index (κ2) is 3.15. The average molecular weight is 193 g/mol. The summed E-state index contributed by atoms with van der Waals surface area (Å²) in [6, 6.07) is 0. The van der Waals surface area contributed by atoms with Gasteiger partial charge in [-0.05, 0) is 5.92 Å². The van der Waals surface area contributed by atoms with E-state index in [1.807, 2.05) is 0 Å². The Hall–Kier alpha value is -0.260. The van der Waals surface area contributed by atoms with E-state index in [0.717, 1.165) is 0 Å². The molecular formula is C8H13F2NO2. The maximum absolute atomic E-state index is 12.4. The van der Waals surface area contributed by atoms with E-state index in [1.165, 1.54) is 0 Å². The lowest BCUT2D eigenvalue weighted by atomic mass is 9.81. The summed E-state index contributed by atoms with van der Waals surface area (Å²) >= 11 is 0. The van der Waals surface area contributed by atoms with Crippen LogP contribution in [-0.2, 0) is 4.84 Å². The third kappa shape index (κ3) is 2.15. The van der Waals surface area contributed by atoms with Gasteiger partial charge in [0.1, 0.15) is 0 Å². The highest BCUT2D eigenvalue weighted by Crippen LogP contribution is 2.42.